The van der Waals surface area contributed by atoms with E-state index in [0.717, 1.165) is 0 Å². The Labute approximate surface area is 270 Å². The normalized spacial score (nSPS) is 11.1. The fraction of sp³-hybridized carbons (Fsp3) is 0.0968. The number of ether oxygens (including phenoxy) is 2. The Balaban J connectivity index is 1.28. The van der Waals surface area contributed by atoms with Crippen molar-refractivity contribution >= 4 is 55.4 Å². The molecule has 14 nitrogen and oxygen atoms in total. The molecule has 4 aromatic rings. The highest BCUT2D eigenvalue weighted by Gasteiger charge is 2.21. The number of hydrogen-bond donors (Lipinski definition) is 4. The summed E-state index contributed by atoms with van der Waals surface area (Å²) in [6.07, 6.45) is 0. The second-order valence-electron chi connectivity index (χ2n) is 9.79. The predicted octanol–water partition coefficient (Wildman–Crippen LogP) is 4.30. The first-order valence-corrected chi connectivity index (χ1v) is 16.5. The topological polar surface area (TPSA) is 203 Å². The average Bonchev–Trinajstić information content (AvgIpc) is 3.00. The molecule has 47 heavy (non-hydrogen) atoms. The molecule has 16 heteroatoms. The zero-order chi connectivity index (χ0) is 34.2. The van der Waals surface area contributed by atoms with Gasteiger partial charge in [0.2, 0.25) is 6.79 Å². The van der Waals surface area contributed by atoms with Gasteiger partial charge in [0.05, 0.1) is 20.9 Å². The smallest absolute Gasteiger partial charge is 0.341 e. The van der Waals surface area contributed by atoms with E-state index in [9.17, 15) is 36.0 Å². The Morgan fingerprint density at radius 3 is 1.32 bits per heavy atom. The summed E-state index contributed by atoms with van der Waals surface area (Å²) in [4.78, 5) is 49.6. The van der Waals surface area contributed by atoms with Crippen molar-refractivity contribution in [2.24, 2.45) is 0 Å². The molecular weight excluding hydrogens is 652 g/mol. The fourth-order valence-corrected chi connectivity index (χ4v) is 6.44. The zero-order valence-electron chi connectivity index (χ0n) is 24.8. The molecule has 0 aliphatic carbocycles. The molecule has 0 radical (unpaired) electrons. The van der Waals surface area contributed by atoms with E-state index in [-0.39, 0.29) is 32.3 Å². The van der Waals surface area contributed by atoms with Crippen LogP contribution >= 0.6 is 0 Å². The second-order valence-corrected chi connectivity index (χ2v) is 13.1. The molecular formula is C31H28N4O10S2. The van der Waals surface area contributed by atoms with Crippen LogP contribution in [0.3, 0.4) is 0 Å². The molecule has 0 aliphatic rings. The number of carbonyl (C=O) groups excluding carboxylic acids is 4. The fourth-order valence-electron chi connectivity index (χ4n) is 4.13. The van der Waals surface area contributed by atoms with Crippen molar-refractivity contribution in [1.29, 1.82) is 0 Å². The highest BCUT2D eigenvalue weighted by molar-refractivity contribution is 7.90. The Kier molecular flexibility index (Phi) is 10.6. The van der Waals surface area contributed by atoms with Gasteiger partial charge in [-0.05, 0) is 73.5 Å². The molecule has 4 amide bonds. The van der Waals surface area contributed by atoms with Crippen molar-refractivity contribution in [3.05, 3.63) is 119 Å². The van der Waals surface area contributed by atoms with Crippen LogP contribution in [-0.2, 0) is 29.5 Å². The number of anilines is 2. The van der Waals surface area contributed by atoms with Crippen LogP contribution in [0.5, 0.6) is 0 Å². The van der Waals surface area contributed by atoms with Crippen molar-refractivity contribution in [3.8, 4) is 0 Å². The van der Waals surface area contributed by atoms with E-state index >= 15 is 0 Å². The Morgan fingerprint density at radius 2 is 0.936 bits per heavy atom. The van der Waals surface area contributed by atoms with Crippen LogP contribution in [0.1, 0.15) is 31.8 Å². The Bertz CT molecular complexity index is 1920. The van der Waals surface area contributed by atoms with E-state index in [1.165, 1.54) is 72.8 Å². The molecule has 0 aromatic heterocycles. The molecule has 4 aromatic carbocycles. The number of amides is 4. The van der Waals surface area contributed by atoms with Gasteiger partial charge in [0.1, 0.15) is 0 Å². The molecule has 0 fully saturated rings. The molecule has 4 rings (SSSR count). The summed E-state index contributed by atoms with van der Waals surface area (Å²) in [6, 6.07) is 20.9. The van der Waals surface area contributed by atoms with E-state index < -0.39 is 50.8 Å². The van der Waals surface area contributed by atoms with E-state index in [1.807, 2.05) is 9.44 Å². The highest BCUT2D eigenvalue weighted by atomic mass is 32.2. The molecule has 4 N–H and O–H groups in total. The van der Waals surface area contributed by atoms with Gasteiger partial charge in [-0.3, -0.25) is 0 Å². The largest absolute Gasteiger partial charge is 0.424 e. The maximum atomic E-state index is 12.5. The van der Waals surface area contributed by atoms with Crippen LogP contribution in [0.15, 0.2) is 107 Å². The molecule has 0 saturated heterocycles. The van der Waals surface area contributed by atoms with Gasteiger partial charge in [0, 0.05) is 11.4 Å². The first-order valence-electron chi connectivity index (χ1n) is 13.6. The number of nitrogens with one attached hydrogen (secondary N) is 4. The van der Waals surface area contributed by atoms with Gasteiger partial charge in [0.15, 0.2) is 0 Å². The Morgan fingerprint density at radius 1 is 0.553 bits per heavy atom. The van der Waals surface area contributed by atoms with Gasteiger partial charge >= 0.3 is 24.0 Å². The maximum Gasteiger partial charge on any atom is 0.341 e. The van der Waals surface area contributed by atoms with Crippen molar-refractivity contribution in [3.63, 3.8) is 0 Å². The summed E-state index contributed by atoms with van der Waals surface area (Å²) in [5.41, 5.74) is 0.953. The molecule has 0 atom stereocenters. The summed E-state index contributed by atoms with van der Waals surface area (Å²) in [5, 5.41) is 4.66. The van der Waals surface area contributed by atoms with Gasteiger partial charge in [-0.1, -0.05) is 48.5 Å². The number of esters is 2. The maximum absolute atomic E-state index is 12.5. The zero-order valence-corrected chi connectivity index (χ0v) is 26.5. The lowest BCUT2D eigenvalue weighted by molar-refractivity contribution is -0.0167. The van der Waals surface area contributed by atoms with Gasteiger partial charge in [-0.25, -0.2) is 45.5 Å². The van der Waals surface area contributed by atoms with E-state index in [4.69, 9.17) is 9.47 Å². The molecule has 0 saturated carbocycles. The summed E-state index contributed by atoms with van der Waals surface area (Å²) >= 11 is 0. The molecule has 0 unspecified atom stereocenters. The number of aryl methyl sites for hydroxylation is 2. The lowest BCUT2D eigenvalue weighted by Crippen LogP contribution is -2.34. The predicted molar refractivity (Wildman–Crippen MR) is 170 cm³/mol. The summed E-state index contributed by atoms with van der Waals surface area (Å²) in [7, 11) is -8.32. The summed E-state index contributed by atoms with van der Waals surface area (Å²) < 4.78 is 64.0. The van der Waals surface area contributed by atoms with E-state index in [0.29, 0.717) is 11.1 Å². The van der Waals surface area contributed by atoms with Crippen LogP contribution in [0.25, 0.3) is 0 Å². The average molecular weight is 681 g/mol. The number of benzene rings is 4. The van der Waals surface area contributed by atoms with Gasteiger partial charge in [-0.15, -0.1) is 0 Å². The Hall–Kier alpha value is -5.74. The minimum atomic E-state index is -4.16. The number of rotatable bonds is 10. The second kappa shape index (κ2) is 14.6. The van der Waals surface area contributed by atoms with Crippen LogP contribution in [0, 0.1) is 13.8 Å². The van der Waals surface area contributed by atoms with E-state index in [2.05, 4.69) is 10.6 Å². The first kappa shape index (κ1) is 34.1. The van der Waals surface area contributed by atoms with Crippen molar-refractivity contribution in [1.82, 2.24) is 9.44 Å². The molecule has 0 aliphatic heterocycles. The number of urea groups is 2. The van der Waals surface area contributed by atoms with Crippen molar-refractivity contribution in [2.45, 2.75) is 23.6 Å². The van der Waals surface area contributed by atoms with Gasteiger partial charge < -0.3 is 20.1 Å². The third-order valence-electron chi connectivity index (χ3n) is 6.31. The van der Waals surface area contributed by atoms with E-state index in [1.54, 1.807) is 38.1 Å². The minimum Gasteiger partial charge on any atom is -0.424 e. The van der Waals surface area contributed by atoms with Crippen LogP contribution in [-0.4, -0.2) is 47.6 Å². The highest BCUT2D eigenvalue weighted by Crippen LogP contribution is 2.17. The minimum absolute atomic E-state index is 0.0431. The monoisotopic (exact) mass is 680 g/mol. The quantitative estimate of drug-likeness (QED) is 0.138. The van der Waals surface area contributed by atoms with Crippen molar-refractivity contribution in [2.75, 3.05) is 17.4 Å². The lowest BCUT2D eigenvalue weighted by Gasteiger charge is -2.12. The standard InChI is InChI=1S/C31H28N4O10S2/c1-20-9-3-5-15-26(20)46(40,41)34-30(38)32-24-13-7-11-22(17-24)28(36)44-19-45-29(37)23-12-8-14-25(18-23)33-31(39)35-47(42,43)27-16-6-4-10-21(27)2/h3-18H,19H2,1-2H3,(H2,32,34,38)(H2,33,35,39). The summed E-state index contributed by atoms with van der Waals surface area (Å²) in [6.45, 7) is 2.37. The lowest BCUT2D eigenvalue weighted by atomic mass is 10.2. The van der Waals surface area contributed by atoms with Crippen LogP contribution < -0.4 is 20.1 Å². The molecule has 0 bridgehead atoms. The third kappa shape index (κ3) is 9.15. The molecule has 0 spiro atoms. The molecule has 0 heterocycles. The SMILES string of the molecule is Cc1ccccc1S(=O)(=O)NC(=O)Nc1cccc(C(=O)OCOC(=O)c2cccc(NC(=O)NS(=O)(=O)c3ccccc3C)c2)c1. The third-order valence-corrected chi connectivity index (χ3v) is 9.30. The van der Waals surface area contributed by atoms with Gasteiger partial charge in [-0.2, -0.15) is 0 Å². The first-order chi connectivity index (χ1) is 22.2. The molecule has 244 valence electrons. The van der Waals surface area contributed by atoms with Crippen LogP contribution in [0.4, 0.5) is 21.0 Å². The number of sulfonamides is 2. The van der Waals surface area contributed by atoms with Gasteiger partial charge in [0.25, 0.3) is 20.0 Å². The summed E-state index contributed by atoms with van der Waals surface area (Å²) in [5.74, 6) is -1.84. The van der Waals surface area contributed by atoms with Crippen molar-refractivity contribution < 1.29 is 45.5 Å². The number of carbonyl (C=O) groups is 4. The van der Waals surface area contributed by atoms with Crippen LogP contribution in [0.2, 0.25) is 0 Å². The number of hydrogen-bond acceptors (Lipinski definition) is 10.